The normalized spacial score (nSPS) is 10.8. The summed E-state index contributed by atoms with van der Waals surface area (Å²) >= 11 is 0. The van der Waals surface area contributed by atoms with Gasteiger partial charge in [0.05, 0.1) is 18.5 Å². The molecule has 0 amide bonds. The molecule has 1 N–H and O–H groups in total. The zero-order chi connectivity index (χ0) is 13.5. The molecule has 0 spiro atoms. The molecule has 0 atom stereocenters. The van der Waals surface area contributed by atoms with E-state index in [9.17, 15) is 0 Å². The predicted molar refractivity (Wildman–Crippen MR) is 72.1 cm³/mol. The molecule has 102 valence electrons. The van der Waals surface area contributed by atoms with Crippen molar-refractivity contribution >= 4 is 0 Å². The van der Waals surface area contributed by atoms with Crippen LogP contribution in [0.25, 0.3) is 5.82 Å². The minimum absolute atomic E-state index is 0.708. The Balaban J connectivity index is 2.12. The van der Waals surface area contributed by atoms with Gasteiger partial charge in [-0.25, -0.2) is 4.68 Å². The Morgan fingerprint density at radius 2 is 2.32 bits per heavy atom. The molecule has 2 aromatic heterocycles. The van der Waals surface area contributed by atoms with Crippen LogP contribution in [0.5, 0.6) is 0 Å². The fraction of sp³-hybridized carbons (Fsp3) is 0.462. The molecule has 19 heavy (non-hydrogen) atoms. The van der Waals surface area contributed by atoms with Crippen LogP contribution in [0.15, 0.2) is 24.5 Å². The van der Waals surface area contributed by atoms with E-state index in [0.29, 0.717) is 6.61 Å². The molecule has 0 aliphatic rings. The molecule has 6 heteroatoms. The number of hydrogen-bond acceptors (Lipinski definition) is 5. The molecule has 0 bridgehead atoms. The van der Waals surface area contributed by atoms with E-state index in [1.807, 2.05) is 23.0 Å². The van der Waals surface area contributed by atoms with Crippen molar-refractivity contribution < 1.29 is 4.74 Å². The van der Waals surface area contributed by atoms with E-state index in [4.69, 9.17) is 4.74 Å². The first-order chi connectivity index (χ1) is 9.36. The Kier molecular flexibility index (Phi) is 5.00. The van der Waals surface area contributed by atoms with Gasteiger partial charge in [0.1, 0.15) is 0 Å². The highest BCUT2D eigenvalue weighted by Crippen LogP contribution is 2.13. The van der Waals surface area contributed by atoms with Crippen LogP contribution in [0.4, 0.5) is 0 Å². The third-order valence-corrected chi connectivity index (χ3v) is 2.86. The number of nitrogens with zero attached hydrogens (tertiary/aromatic N) is 4. The number of ether oxygens (including phenoxy) is 1. The van der Waals surface area contributed by atoms with E-state index < -0.39 is 0 Å². The summed E-state index contributed by atoms with van der Waals surface area (Å²) in [6.45, 7) is 4.44. The highest BCUT2D eigenvalue weighted by Gasteiger charge is 2.11. The molecule has 0 saturated carbocycles. The second-order valence-electron chi connectivity index (χ2n) is 4.13. The Morgan fingerprint density at radius 3 is 3.00 bits per heavy atom. The van der Waals surface area contributed by atoms with Gasteiger partial charge in [-0.2, -0.15) is 10.2 Å². The van der Waals surface area contributed by atoms with Gasteiger partial charge in [0.2, 0.25) is 0 Å². The number of nitrogens with one attached hydrogen (secondary N) is 1. The highest BCUT2D eigenvalue weighted by atomic mass is 16.5. The van der Waals surface area contributed by atoms with Gasteiger partial charge < -0.3 is 10.1 Å². The van der Waals surface area contributed by atoms with E-state index in [2.05, 4.69) is 27.5 Å². The Morgan fingerprint density at radius 1 is 1.42 bits per heavy atom. The average Bonchev–Trinajstić information content (AvgIpc) is 2.87. The maximum absolute atomic E-state index is 5.01. The van der Waals surface area contributed by atoms with Gasteiger partial charge >= 0.3 is 0 Å². The summed E-state index contributed by atoms with van der Waals surface area (Å²) in [6, 6.07) is 3.77. The quantitative estimate of drug-likeness (QED) is 0.752. The van der Waals surface area contributed by atoms with E-state index in [0.717, 1.165) is 31.0 Å². The third kappa shape index (κ3) is 3.36. The summed E-state index contributed by atoms with van der Waals surface area (Å²) in [5, 5.41) is 15.7. The van der Waals surface area contributed by atoms with Crippen molar-refractivity contribution in [2.24, 2.45) is 0 Å². The molecule has 0 saturated heterocycles. The first-order valence-electron chi connectivity index (χ1n) is 6.40. The van der Waals surface area contributed by atoms with E-state index >= 15 is 0 Å². The number of aromatic nitrogens is 4. The molecule has 0 aromatic carbocycles. The van der Waals surface area contributed by atoms with Crippen molar-refractivity contribution in [1.82, 2.24) is 25.3 Å². The van der Waals surface area contributed by atoms with Crippen molar-refractivity contribution in [2.45, 2.75) is 19.9 Å². The van der Waals surface area contributed by atoms with Gasteiger partial charge in [-0.15, -0.1) is 5.10 Å². The van der Waals surface area contributed by atoms with E-state index in [-0.39, 0.29) is 0 Å². The number of methoxy groups -OCH3 is 1. The number of hydrogen-bond donors (Lipinski definition) is 1. The van der Waals surface area contributed by atoms with Crippen molar-refractivity contribution in [1.29, 1.82) is 0 Å². The van der Waals surface area contributed by atoms with Crippen molar-refractivity contribution in [3.8, 4) is 5.82 Å². The lowest BCUT2D eigenvalue weighted by atomic mass is 10.2. The van der Waals surface area contributed by atoms with Crippen LogP contribution >= 0.6 is 0 Å². The van der Waals surface area contributed by atoms with Crippen molar-refractivity contribution in [3.63, 3.8) is 0 Å². The van der Waals surface area contributed by atoms with Gasteiger partial charge in [0, 0.05) is 32.0 Å². The van der Waals surface area contributed by atoms with E-state index in [1.165, 1.54) is 5.56 Å². The first-order valence-corrected chi connectivity index (χ1v) is 6.40. The molecule has 0 aliphatic carbocycles. The summed E-state index contributed by atoms with van der Waals surface area (Å²) in [5.74, 6) is 0.752. The average molecular weight is 261 g/mol. The van der Waals surface area contributed by atoms with Gasteiger partial charge in [0.25, 0.3) is 0 Å². The second-order valence-corrected chi connectivity index (χ2v) is 4.13. The Hall–Kier alpha value is -1.79. The van der Waals surface area contributed by atoms with Crippen LogP contribution in [0.3, 0.4) is 0 Å². The van der Waals surface area contributed by atoms with Gasteiger partial charge in [-0.05, 0) is 18.6 Å². The lowest BCUT2D eigenvalue weighted by Crippen LogP contribution is -2.19. The topological polar surface area (TPSA) is 64.9 Å². The highest BCUT2D eigenvalue weighted by molar-refractivity contribution is 5.27. The monoisotopic (exact) mass is 261 g/mol. The number of rotatable bonds is 7. The smallest absolute Gasteiger partial charge is 0.175 e. The van der Waals surface area contributed by atoms with Gasteiger partial charge in [-0.1, -0.05) is 6.92 Å². The summed E-state index contributed by atoms with van der Waals surface area (Å²) in [5.41, 5.74) is 2.34. The maximum atomic E-state index is 5.01. The van der Waals surface area contributed by atoms with Crippen LogP contribution in [0, 0.1) is 0 Å². The summed E-state index contributed by atoms with van der Waals surface area (Å²) < 4.78 is 6.86. The third-order valence-electron chi connectivity index (χ3n) is 2.86. The fourth-order valence-electron chi connectivity index (χ4n) is 1.93. The van der Waals surface area contributed by atoms with Gasteiger partial charge in [0.15, 0.2) is 5.82 Å². The Labute approximate surface area is 112 Å². The zero-order valence-electron chi connectivity index (χ0n) is 11.3. The van der Waals surface area contributed by atoms with Crippen LogP contribution in [0.1, 0.15) is 18.2 Å². The maximum Gasteiger partial charge on any atom is 0.175 e. The van der Waals surface area contributed by atoms with E-state index in [1.54, 1.807) is 13.3 Å². The second kappa shape index (κ2) is 6.96. The molecule has 2 rings (SSSR count). The summed E-state index contributed by atoms with van der Waals surface area (Å²) in [4.78, 5) is 0. The molecule has 0 aliphatic heterocycles. The zero-order valence-corrected chi connectivity index (χ0v) is 11.3. The lowest BCUT2D eigenvalue weighted by Gasteiger charge is -2.07. The first kappa shape index (κ1) is 13.6. The molecule has 0 fully saturated rings. The fourth-order valence-corrected chi connectivity index (χ4v) is 1.93. The lowest BCUT2D eigenvalue weighted by molar-refractivity contribution is 0.199. The molecule has 0 radical (unpaired) electrons. The predicted octanol–water partition coefficient (Wildman–Crippen LogP) is 0.961. The molecule has 6 nitrogen and oxygen atoms in total. The van der Waals surface area contributed by atoms with Gasteiger partial charge in [-0.3, -0.25) is 0 Å². The van der Waals surface area contributed by atoms with Crippen molar-refractivity contribution in [3.05, 3.63) is 35.8 Å². The minimum atomic E-state index is 0.708. The molecule has 0 unspecified atom stereocenters. The Bertz CT molecular complexity index is 497. The van der Waals surface area contributed by atoms with Crippen LogP contribution in [-0.4, -0.2) is 40.2 Å². The van der Waals surface area contributed by atoms with Crippen LogP contribution < -0.4 is 5.32 Å². The summed E-state index contributed by atoms with van der Waals surface area (Å²) in [6.07, 6.45) is 4.44. The van der Waals surface area contributed by atoms with Crippen LogP contribution in [0.2, 0.25) is 0 Å². The minimum Gasteiger partial charge on any atom is -0.383 e. The molecule has 2 heterocycles. The molecule has 2 aromatic rings. The van der Waals surface area contributed by atoms with Crippen molar-refractivity contribution in [2.75, 3.05) is 20.3 Å². The SMILES string of the molecule is CCc1c(CNCCOC)cnn1-c1cccnn1. The molecular weight excluding hydrogens is 242 g/mol. The van der Waals surface area contributed by atoms with Crippen LogP contribution in [-0.2, 0) is 17.7 Å². The largest absolute Gasteiger partial charge is 0.383 e. The standard InChI is InChI=1S/C13H19N5O/c1-3-12-11(9-14-7-8-19-2)10-16-18(12)13-5-4-6-15-17-13/h4-6,10,14H,3,7-9H2,1-2H3. The molecular formula is C13H19N5O. The summed E-state index contributed by atoms with van der Waals surface area (Å²) in [7, 11) is 1.70.